The van der Waals surface area contributed by atoms with Gasteiger partial charge in [0.2, 0.25) is 0 Å². The van der Waals surface area contributed by atoms with Crippen molar-refractivity contribution in [2.45, 2.75) is 20.3 Å². The molecule has 0 fully saturated rings. The van der Waals surface area contributed by atoms with Crippen LogP contribution in [-0.2, 0) is 14.3 Å². The van der Waals surface area contributed by atoms with Gasteiger partial charge in [0.15, 0.2) is 5.78 Å². The lowest BCUT2D eigenvalue weighted by Gasteiger charge is -2.13. The van der Waals surface area contributed by atoms with E-state index in [2.05, 4.69) is 18.9 Å². The smallest absolute Gasteiger partial charge is 0.155 e. The molecule has 0 amide bonds. The molecule has 15 heavy (non-hydrogen) atoms. The summed E-state index contributed by atoms with van der Waals surface area (Å²) in [6.07, 6.45) is 1.04. The summed E-state index contributed by atoms with van der Waals surface area (Å²) >= 11 is 0. The number of carbonyl (C=O) groups is 1. The Morgan fingerprint density at radius 1 is 1.20 bits per heavy atom. The van der Waals surface area contributed by atoms with E-state index >= 15 is 0 Å². The molecular weight excluding hydrogens is 194 g/mol. The molecule has 0 aromatic heterocycles. The second-order valence-electron chi connectivity index (χ2n) is 3.62. The second-order valence-corrected chi connectivity index (χ2v) is 3.62. The first kappa shape index (κ1) is 14.6. The monoisotopic (exact) mass is 217 g/mol. The highest BCUT2D eigenvalue weighted by Crippen LogP contribution is 1.88. The van der Waals surface area contributed by atoms with Gasteiger partial charge in [-0.2, -0.15) is 0 Å². The summed E-state index contributed by atoms with van der Waals surface area (Å²) in [6, 6.07) is 0. The van der Waals surface area contributed by atoms with E-state index in [-0.39, 0.29) is 12.4 Å². The molecule has 0 N–H and O–H groups in total. The van der Waals surface area contributed by atoms with Gasteiger partial charge in [-0.05, 0) is 26.9 Å². The quantitative estimate of drug-likeness (QED) is 0.511. The lowest BCUT2D eigenvalue weighted by atomic mass is 10.4. The van der Waals surface area contributed by atoms with Gasteiger partial charge in [-0.1, -0.05) is 6.92 Å². The molecule has 4 nitrogen and oxygen atoms in total. The molecule has 4 heteroatoms. The number of hydrogen-bond acceptors (Lipinski definition) is 4. The molecule has 0 saturated carbocycles. The molecule has 0 heterocycles. The third kappa shape index (κ3) is 11.5. The minimum atomic E-state index is 0.0552. The molecule has 0 aliphatic heterocycles. The van der Waals surface area contributed by atoms with Crippen LogP contribution in [0.4, 0.5) is 0 Å². The first-order valence-electron chi connectivity index (χ1n) is 5.50. The topological polar surface area (TPSA) is 38.8 Å². The van der Waals surface area contributed by atoms with Crippen LogP contribution in [0.25, 0.3) is 0 Å². The van der Waals surface area contributed by atoms with Gasteiger partial charge >= 0.3 is 0 Å². The SMILES string of the molecule is CCN(C)CCCOCCOCC(C)=O. The zero-order valence-electron chi connectivity index (χ0n) is 10.1. The minimum absolute atomic E-state index is 0.0552. The van der Waals surface area contributed by atoms with Crippen LogP contribution in [0.5, 0.6) is 0 Å². The van der Waals surface area contributed by atoms with E-state index in [0.717, 1.165) is 26.1 Å². The van der Waals surface area contributed by atoms with E-state index in [4.69, 9.17) is 9.47 Å². The van der Waals surface area contributed by atoms with Crippen molar-refractivity contribution in [1.82, 2.24) is 4.90 Å². The number of ketones is 1. The highest BCUT2D eigenvalue weighted by molar-refractivity contribution is 5.76. The summed E-state index contributed by atoms with van der Waals surface area (Å²) in [5.41, 5.74) is 0. The highest BCUT2D eigenvalue weighted by atomic mass is 16.5. The van der Waals surface area contributed by atoms with Crippen molar-refractivity contribution in [3.8, 4) is 0 Å². The van der Waals surface area contributed by atoms with Gasteiger partial charge in [-0.25, -0.2) is 0 Å². The Morgan fingerprint density at radius 3 is 2.47 bits per heavy atom. The van der Waals surface area contributed by atoms with Gasteiger partial charge in [0.05, 0.1) is 13.2 Å². The van der Waals surface area contributed by atoms with Crippen molar-refractivity contribution in [2.75, 3.05) is 46.6 Å². The molecule has 0 atom stereocenters. The van der Waals surface area contributed by atoms with Crippen LogP contribution in [0.2, 0.25) is 0 Å². The molecule has 0 spiro atoms. The van der Waals surface area contributed by atoms with Crippen LogP contribution < -0.4 is 0 Å². The molecule has 0 bridgehead atoms. The summed E-state index contributed by atoms with van der Waals surface area (Å²) < 4.78 is 10.4. The number of rotatable bonds is 10. The van der Waals surface area contributed by atoms with Crippen molar-refractivity contribution in [1.29, 1.82) is 0 Å². The fraction of sp³-hybridized carbons (Fsp3) is 0.909. The van der Waals surface area contributed by atoms with Crippen molar-refractivity contribution >= 4 is 5.78 Å². The first-order chi connectivity index (χ1) is 7.16. The summed E-state index contributed by atoms with van der Waals surface area (Å²) in [5.74, 6) is 0.0552. The minimum Gasteiger partial charge on any atom is -0.379 e. The Morgan fingerprint density at radius 2 is 1.87 bits per heavy atom. The predicted octanol–water partition coefficient (Wildman–Crippen LogP) is 0.950. The molecule has 0 unspecified atom stereocenters. The van der Waals surface area contributed by atoms with Gasteiger partial charge in [0, 0.05) is 13.2 Å². The zero-order chi connectivity index (χ0) is 11.5. The maximum Gasteiger partial charge on any atom is 0.155 e. The zero-order valence-corrected chi connectivity index (χ0v) is 10.1. The molecule has 0 aliphatic rings. The summed E-state index contributed by atoms with van der Waals surface area (Å²) in [6.45, 7) is 7.81. The number of Topliss-reactive ketones (excluding diaryl/α,β-unsaturated/α-hetero) is 1. The average Bonchev–Trinajstić information content (AvgIpc) is 2.21. The Kier molecular flexibility index (Phi) is 9.78. The van der Waals surface area contributed by atoms with E-state index < -0.39 is 0 Å². The predicted molar refractivity (Wildman–Crippen MR) is 60.1 cm³/mol. The number of nitrogens with zero attached hydrogens (tertiary/aromatic N) is 1. The Hall–Kier alpha value is -0.450. The molecular formula is C11H23NO3. The number of hydrogen-bond donors (Lipinski definition) is 0. The van der Waals surface area contributed by atoms with E-state index in [1.165, 1.54) is 6.92 Å². The fourth-order valence-electron chi connectivity index (χ4n) is 1.03. The number of ether oxygens (including phenoxy) is 2. The van der Waals surface area contributed by atoms with Gasteiger partial charge in [0.1, 0.15) is 6.61 Å². The third-order valence-corrected chi connectivity index (χ3v) is 2.05. The van der Waals surface area contributed by atoms with Gasteiger partial charge in [0.25, 0.3) is 0 Å². The van der Waals surface area contributed by atoms with Crippen molar-refractivity contribution in [3.63, 3.8) is 0 Å². The van der Waals surface area contributed by atoms with E-state index in [1.54, 1.807) is 0 Å². The lowest BCUT2D eigenvalue weighted by molar-refractivity contribution is -0.121. The molecule has 0 aliphatic carbocycles. The maximum atomic E-state index is 10.5. The molecule has 0 rings (SSSR count). The number of carbonyl (C=O) groups excluding carboxylic acids is 1. The van der Waals surface area contributed by atoms with Crippen LogP contribution in [0.1, 0.15) is 20.3 Å². The Balaban J connectivity index is 3.02. The van der Waals surface area contributed by atoms with Crippen LogP contribution in [0, 0.1) is 0 Å². The highest BCUT2D eigenvalue weighted by Gasteiger charge is 1.95. The average molecular weight is 217 g/mol. The molecule has 0 radical (unpaired) electrons. The van der Waals surface area contributed by atoms with Crippen molar-refractivity contribution in [2.24, 2.45) is 0 Å². The second kappa shape index (κ2) is 10.1. The summed E-state index contributed by atoms with van der Waals surface area (Å²) in [7, 11) is 2.09. The standard InChI is InChI=1S/C11H23NO3/c1-4-12(3)6-5-7-14-8-9-15-10-11(2)13/h4-10H2,1-3H3. The van der Waals surface area contributed by atoms with E-state index in [9.17, 15) is 4.79 Å². The molecule has 0 aromatic carbocycles. The van der Waals surface area contributed by atoms with E-state index in [0.29, 0.717) is 13.2 Å². The van der Waals surface area contributed by atoms with Crippen LogP contribution in [0.15, 0.2) is 0 Å². The van der Waals surface area contributed by atoms with Crippen LogP contribution >= 0.6 is 0 Å². The molecule has 0 saturated heterocycles. The Labute approximate surface area is 92.5 Å². The van der Waals surface area contributed by atoms with Crippen molar-refractivity contribution in [3.05, 3.63) is 0 Å². The van der Waals surface area contributed by atoms with Gasteiger partial charge in [-0.3, -0.25) is 4.79 Å². The molecule has 0 aromatic rings. The van der Waals surface area contributed by atoms with E-state index in [1.807, 2.05) is 0 Å². The normalized spacial score (nSPS) is 10.9. The van der Waals surface area contributed by atoms with Crippen LogP contribution in [0.3, 0.4) is 0 Å². The largest absolute Gasteiger partial charge is 0.379 e. The lowest BCUT2D eigenvalue weighted by Crippen LogP contribution is -2.20. The maximum absolute atomic E-state index is 10.5. The third-order valence-electron chi connectivity index (χ3n) is 2.05. The van der Waals surface area contributed by atoms with Gasteiger partial charge in [-0.15, -0.1) is 0 Å². The molecule has 90 valence electrons. The first-order valence-corrected chi connectivity index (χ1v) is 5.50. The Bertz CT molecular complexity index is 162. The summed E-state index contributed by atoms with van der Waals surface area (Å²) in [5, 5.41) is 0. The fourth-order valence-corrected chi connectivity index (χ4v) is 1.03. The summed E-state index contributed by atoms with van der Waals surface area (Å²) in [4.78, 5) is 12.8. The van der Waals surface area contributed by atoms with Crippen LogP contribution in [-0.4, -0.2) is 57.2 Å². The van der Waals surface area contributed by atoms with Crippen molar-refractivity contribution < 1.29 is 14.3 Å². The van der Waals surface area contributed by atoms with Gasteiger partial charge < -0.3 is 14.4 Å².